The summed E-state index contributed by atoms with van der Waals surface area (Å²) in [5.74, 6) is 0.327. The first kappa shape index (κ1) is 8.96. The van der Waals surface area contributed by atoms with Crippen LogP contribution in [0.4, 0.5) is 0 Å². The number of hydrogen-bond donors (Lipinski definition) is 1. The third-order valence-electron chi connectivity index (χ3n) is 3.94. The average molecular weight is 202 g/mol. The van der Waals surface area contributed by atoms with Crippen molar-refractivity contribution in [2.45, 2.75) is 25.2 Å². The molecule has 2 unspecified atom stereocenters. The van der Waals surface area contributed by atoms with Crippen molar-refractivity contribution in [1.29, 1.82) is 0 Å². The fraction of sp³-hybridized carbons (Fsp3) is 0.462. The van der Waals surface area contributed by atoms with Gasteiger partial charge in [0.05, 0.1) is 5.41 Å². The van der Waals surface area contributed by atoms with Crippen molar-refractivity contribution in [2.75, 3.05) is 0 Å². The highest BCUT2D eigenvalue weighted by atomic mass is 16.4. The topological polar surface area (TPSA) is 37.3 Å². The van der Waals surface area contributed by atoms with Gasteiger partial charge in [-0.3, -0.25) is 4.79 Å². The molecule has 0 saturated heterocycles. The van der Waals surface area contributed by atoms with Gasteiger partial charge in [-0.05, 0) is 36.7 Å². The molecule has 1 aromatic carbocycles. The first-order valence-corrected chi connectivity index (χ1v) is 5.52. The van der Waals surface area contributed by atoms with Crippen molar-refractivity contribution in [1.82, 2.24) is 0 Å². The monoisotopic (exact) mass is 202 g/mol. The van der Waals surface area contributed by atoms with Crippen LogP contribution in [0.15, 0.2) is 30.3 Å². The molecular weight excluding hydrogens is 188 g/mol. The molecule has 2 saturated carbocycles. The lowest BCUT2D eigenvalue weighted by Gasteiger charge is -2.08. The molecule has 0 aliphatic heterocycles. The average Bonchev–Trinajstić information content (AvgIpc) is 3.12. The number of aliphatic carboxylic acids is 1. The van der Waals surface area contributed by atoms with E-state index in [1.165, 1.54) is 5.56 Å². The maximum absolute atomic E-state index is 11.1. The Kier molecular flexibility index (Phi) is 1.70. The minimum atomic E-state index is -0.578. The maximum Gasteiger partial charge on any atom is 0.309 e. The van der Waals surface area contributed by atoms with E-state index in [1.807, 2.05) is 18.2 Å². The van der Waals surface area contributed by atoms with Crippen LogP contribution in [0.3, 0.4) is 0 Å². The Morgan fingerprint density at radius 1 is 1.27 bits per heavy atom. The maximum atomic E-state index is 11.1. The van der Waals surface area contributed by atoms with Crippen LogP contribution in [-0.2, 0) is 4.79 Å². The molecule has 2 aliphatic rings. The molecule has 2 atom stereocenters. The number of hydrogen-bond acceptors (Lipinski definition) is 1. The second-order valence-corrected chi connectivity index (χ2v) is 4.82. The lowest BCUT2D eigenvalue weighted by molar-refractivity contribution is -0.144. The SMILES string of the molecule is O=C(O)C1(C2CC2c2ccccc2)CC1. The van der Waals surface area contributed by atoms with E-state index in [1.54, 1.807) is 0 Å². The van der Waals surface area contributed by atoms with E-state index in [0.29, 0.717) is 11.8 Å². The summed E-state index contributed by atoms with van der Waals surface area (Å²) < 4.78 is 0. The quantitative estimate of drug-likeness (QED) is 0.818. The molecule has 78 valence electrons. The summed E-state index contributed by atoms with van der Waals surface area (Å²) in [6.07, 6.45) is 2.84. The van der Waals surface area contributed by atoms with Crippen molar-refractivity contribution in [2.24, 2.45) is 11.3 Å². The van der Waals surface area contributed by atoms with Crippen molar-refractivity contribution in [3.8, 4) is 0 Å². The Morgan fingerprint density at radius 3 is 2.47 bits per heavy atom. The molecule has 2 nitrogen and oxygen atoms in total. The van der Waals surface area contributed by atoms with Crippen LogP contribution in [0.2, 0.25) is 0 Å². The van der Waals surface area contributed by atoms with Gasteiger partial charge >= 0.3 is 5.97 Å². The fourth-order valence-electron chi connectivity index (χ4n) is 2.75. The highest BCUT2D eigenvalue weighted by Crippen LogP contribution is 2.67. The van der Waals surface area contributed by atoms with Crippen molar-refractivity contribution in [3.05, 3.63) is 35.9 Å². The zero-order chi connectivity index (χ0) is 10.5. The molecule has 15 heavy (non-hydrogen) atoms. The summed E-state index contributed by atoms with van der Waals surface area (Å²) in [7, 11) is 0. The van der Waals surface area contributed by atoms with Gasteiger partial charge in [-0.2, -0.15) is 0 Å². The summed E-state index contributed by atoms with van der Waals surface area (Å²) in [5, 5.41) is 9.18. The Balaban J connectivity index is 1.78. The molecular formula is C13H14O2. The van der Waals surface area contributed by atoms with E-state index in [-0.39, 0.29) is 5.41 Å². The Morgan fingerprint density at radius 2 is 1.93 bits per heavy atom. The zero-order valence-electron chi connectivity index (χ0n) is 8.52. The number of carboxylic acids is 1. The largest absolute Gasteiger partial charge is 0.481 e. The molecule has 0 aromatic heterocycles. The van der Waals surface area contributed by atoms with E-state index >= 15 is 0 Å². The van der Waals surface area contributed by atoms with Crippen molar-refractivity contribution >= 4 is 5.97 Å². The van der Waals surface area contributed by atoms with Gasteiger partial charge in [0, 0.05) is 0 Å². The van der Waals surface area contributed by atoms with Gasteiger partial charge in [0.25, 0.3) is 0 Å². The molecule has 0 bridgehead atoms. The smallest absolute Gasteiger partial charge is 0.309 e. The van der Waals surface area contributed by atoms with Crippen LogP contribution in [0.1, 0.15) is 30.7 Å². The number of carbonyl (C=O) groups is 1. The standard InChI is InChI=1S/C13H14O2/c14-12(15)13(6-7-13)11-8-10(11)9-4-2-1-3-5-9/h1-5,10-11H,6-8H2,(H,14,15). The van der Waals surface area contributed by atoms with E-state index in [0.717, 1.165) is 19.3 Å². The van der Waals surface area contributed by atoms with Crippen molar-refractivity contribution < 1.29 is 9.90 Å². The van der Waals surface area contributed by atoms with Crippen LogP contribution in [-0.4, -0.2) is 11.1 Å². The summed E-state index contributed by atoms with van der Waals surface area (Å²) in [5.41, 5.74) is 0.968. The molecule has 0 spiro atoms. The Hall–Kier alpha value is -1.31. The predicted molar refractivity (Wildman–Crippen MR) is 56.6 cm³/mol. The molecule has 0 radical (unpaired) electrons. The van der Waals surface area contributed by atoms with E-state index < -0.39 is 5.97 Å². The normalized spacial score (nSPS) is 30.9. The lowest BCUT2D eigenvalue weighted by atomic mass is 9.96. The van der Waals surface area contributed by atoms with E-state index in [4.69, 9.17) is 0 Å². The van der Waals surface area contributed by atoms with Gasteiger partial charge in [-0.15, -0.1) is 0 Å². The third kappa shape index (κ3) is 1.28. The molecule has 1 aromatic rings. The summed E-state index contributed by atoms with van der Waals surface area (Å²) in [6.45, 7) is 0. The van der Waals surface area contributed by atoms with Gasteiger partial charge in [-0.1, -0.05) is 30.3 Å². The summed E-state index contributed by atoms with van der Waals surface area (Å²) in [6, 6.07) is 10.3. The highest BCUT2D eigenvalue weighted by Gasteiger charge is 2.64. The van der Waals surface area contributed by atoms with Gasteiger partial charge in [-0.25, -0.2) is 0 Å². The first-order chi connectivity index (χ1) is 7.24. The molecule has 1 N–H and O–H groups in total. The Labute approximate surface area is 88.9 Å². The number of rotatable bonds is 3. The van der Waals surface area contributed by atoms with Crippen LogP contribution in [0.25, 0.3) is 0 Å². The fourth-order valence-corrected chi connectivity index (χ4v) is 2.75. The zero-order valence-corrected chi connectivity index (χ0v) is 8.52. The Bertz CT molecular complexity index is 392. The van der Waals surface area contributed by atoms with Gasteiger partial charge in [0.15, 0.2) is 0 Å². The van der Waals surface area contributed by atoms with Crippen molar-refractivity contribution in [3.63, 3.8) is 0 Å². The van der Waals surface area contributed by atoms with Gasteiger partial charge in [0.1, 0.15) is 0 Å². The van der Waals surface area contributed by atoms with Crippen LogP contribution >= 0.6 is 0 Å². The highest BCUT2D eigenvalue weighted by molar-refractivity contribution is 5.79. The van der Waals surface area contributed by atoms with Crippen LogP contribution in [0, 0.1) is 11.3 Å². The van der Waals surface area contributed by atoms with Crippen LogP contribution < -0.4 is 0 Å². The minimum absolute atomic E-state index is 0.347. The minimum Gasteiger partial charge on any atom is -0.481 e. The molecule has 0 heterocycles. The molecule has 3 rings (SSSR count). The molecule has 0 amide bonds. The third-order valence-corrected chi connectivity index (χ3v) is 3.94. The predicted octanol–water partition coefficient (Wildman–Crippen LogP) is 2.65. The summed E-state index contributed by atoms with van der Waals surface area (Å²) >= 11 is 0. The molecule has 2 heteroatoms. The second kappa shape index (κ2) is 2.84. The van der Waals surface area contributed by atoms with E-state index in [9.17, 15) is 9.90 Å². The van der Waals surface area contributed by atoms with Gasteiger partial charge < -0.3 is 5.11 Å². The molecule has 2 aliphatic carbocycles. The second-order valence-electron chi connectivity index (χ2n) is 4.82. The number of benzene rings is 1. The van der Waals surface area contributed by atoms with Gasteiger partial charge in [0.2, 0.25) is 0 Å². The van der Waals surface area contributed by atoms with Crippen LogP contribution in [0.5, 0.6) is 0 Å². The van der Waals surface area contributed by atoms with E-state index in [2.05, 4.69) is 12.1 Å². The molecule has 2 fully saturated rings. The summed E-state index contributed by atoms with van der Waals surface area (Å²) in [4.78, 5) is 11.1. The lowest BCUT2D eigenvalue weighted by Crippen LogP contribution is -2.17. The first-order valence-electron chi connectivity index (χ1n) is 5.52. The number of carboxylic acid groups (broad SMARTS) is 1.